The minimum atomic E-state index is -4.37. The lowest BCUT2D eigenvalue weighted by molar-refractivity contribution is -0.139. The van der Waals surface area contributed by atoms with Crippen molar-refractivity contribution in [2.75, 3.05) is 25.5 Å². The van der Waals surface area contributed by atoms with Gasteiger partial charge in [-0.15, -0.1) is 0 Å². The highest BCUT2D eigenvalue weighted by atomic mass is 32.2. The molecule has 0 bridgehead atoms. The van der Waals surface area contributed by atoms with E-state index < -0.39 is 56.8 Å². The number of amides is 1. The predicted molar refractivity (Wildman–Crippen MR) is 198 cm³/mol. The van der Waals surface area contributed by atoms with Gasteiger partial charge in [0.15, 0.2) is 0 Å². The number of methoxy groups -OCH3 is 2. The van der Waals surface area contributed by atoms with E-state index in [1.54, 1.807) is 22.7 Å². The standard InChI is InChI=1S/C39H34F3N5O8S/c1-4-55-21-22-15-32(53-2)35(33(16-22)54-3)28-10-7-26(47-14-13-44-37(28)47)20-31(39(49)50)45-38(48)36-29(40)18-25(19-30(36)41)46-56(51,52)27-8-5-23(6-9-27)24-11-12-43-34(42)17-24/h5-19,31,46H,4,20-21H2,1-3H3,(H,45,48)(H,49,50). The number of hydrogen-bond acceptors (Lipinski definition) is 9. The maximum Gasteiger partial charge on any atom is 0.326 e. The van der Waals surface area contributed by atoms with Crippen LogP contribution in [-0.4, -0.2) is 66.6 Å². The highest BCUT2D eigenvalue weighted by Gasteiger charge is 2.28. The fourth-order valence-corrected chi connectivity index (χ4v) is 7.12. The lowest BCUT2D eigenvalue weighted by Crippen LogP contribution is -2.43. The van der Waals surface area contributed by atoms with Crippen LogP contribution in [0.3, 0.4) is 0 Å². The van der Waals surface area contributed by atoms with Crippen LogP contribution in [0, 0.1) is 17.6 Å². The molecule has 0 aliphatic heterocycles. The minimum absolute atomic E-state index is 0.267. The topological polar surface area (TPSA) is 170 Å². The number of imidazole rings is 1. The summed E-state index contributed by atoms with van der Waals surface area (Å²) in [7, 11) is -1.36. The van der Waals surface area contributed by atoms with E-state index in [1.165, 1.54) is 63.0 Å². The number of nitrogens with one attached hydrogen (secondary N) is 2. The molecule has 0 aliphatic rings. The van der Waals surface area contributed by atoms with E-state index in [0.29, 0.717) is 70.4 Å². The molecular formula is C39H34F3N5O8S. The number of aromatic nitrogens is 3. The quantitative estimate of drug-likeness (QED) is 0.101. The Bertz CT molecular complexity index is 2500. The summed E-state index contributed by atoms with van der Waals surface area (Å²) in [5.74, 6) is -5.54. The Morgan fingerprint density at radius 3 is 2.16 bits per heavy atom. The molecule has 17 heteroatoms. The number of carbonyl (C=O) groups excluding carboxylic acids is 1. The molecule has 56 heavy (non-hydrogen) atoms. The Labute approximate surface area is 318 Å². The number of halogens is 3. The lowest BCUT2D eigenvalue weighted by atomic mass is 10.0. The van der Waals surface area contributed by atoms with Gasteiger partial charge >= 0.3 is 5.97 Å². The summed E-state index contributed by atoms with van der Waals surface area (Å²) in [6.07, 6.45) is 4.02. The van der Waals surface area contributed by atoms with Crippen LogP contribution in [0.2, 0.25) is 0 Å². The first-order valence-corrected chi connectivity index (χ1v) is 18.4. The van der Waals surface area contributed by atoms with Gasteiger partial charge in [-0.2, -0.15) is 4.39 Å². The zero-order valence-corrected chi connectivity index (χ0v) is 30.9. The molecule has 0 saturated carbocycles. The van der Waals surface area contributed by atoms with Gasteiger partial charge in [0.1, 0.15) is 40.4 Å². The molecule has 0 radical (unpaired) electrons. The van der Waals surface area contributed by atoms with Crippen LogP contribution in [0.1, 0.15) is 28.5 Å². The van der Waals surface area contributed by atoms with Crippen molar-refractivity contribution < 1.29 is 50.5 Å². The summed E-state index contributed by atoms with van der Waals surface area (Å²) in [4.78, 5) is 33.2. The molecule has 1 atom stereocenters. The SMILES string of the molecule is CCOCc1cc(OC)c(-c2ccc(CC(NC(=O)c3c(F)cc(NS(=O)(=O)c4ccc(-c5ccnc(F)c5)cc4)cc3F)C(=O)O)n3ccnc23)c(OC)c1. The van der Waals surface area contributed by atoms with E-state index in [4.69, 9.17) is 14.2 Å². The Balaban J connectivity index is 1.21. The highest BCUT2D eigenvalue weighted by molar-refractivity contribution is 7.92. The van der Waals surface area contributed by atoms with Crippen molar-refractivity contribution in [1.82, 2.24) is 19.7 Å². The van der Waals surface area contributed by atoms with Crippen molar-refractivity contribution in [1.29, 1.82) is 0 Å². The monoisotopic (exact) mass is 789 g/mol. The minimum Gasteiger partial charge on any atom is -0.496 e. The number of rotatable bonds is 15. The number of pyridine rings is 2. The molecule has 0 spiro atoms. The molecule has 3 aromatic heterocycles. The van der Waals surface area contributed by atoms with Crippen molar-refractivity contribution >= 4 is 33.2 Å². The molecule has 3 aromatic carbocycles. The molecule has 6 rings (SSSR count). The fraction of sp³-hybridized carbons (Fsp3) is 0.179. The van der Waals surface area contributed by atoms with Gasteiger partial charge in [-0.05, 0) is 78.2 Å². The number of anilines is 1. The average Bonchev–Trinajstić information content (AvgIpc) is 3.67. The van der Waals surface area contributed by atoms with Gasteiger partial charge in [-0.25, -0.2) is 32.0 Å². The molecule has 290 valence electrons. The molecule has 3 N–H and O–H groups in total. The zero-order valence-electron chi connectivity index (χ0n) is 30.0. The third-order valence-corrected chi connectivity index (χ3v) is 10.1. The van der Waals surface area contributed by atoms with Gasteiger partial charge < -0.3 is 29.0 Å². The summed E-state index contributed by atoms with van der Waals surface area (Å²) in [6, 6.07) is 14.4. The van der Waals surface area contributed by atoms with Crippen LogP contribution in [0.25, 0.3) is 27.9 Å². The number of carboxylic acid groups (broad SMARTS) is 1. The van der Waals surface area contributed by atoms with Crippen LogP contribution < -0.4 is 19.5 Å². The molecule has 1 amide bonds. The predicted octanol–water partition coefficient (Wildman–Crippen LogP) is 6.26. The van der Waals surface area contributed by atoms with Gasteiger partial charge in [0.25, 0.3) is 15.9 Å². The number of carboxylic acids is 1. The van der Waals surface area contributed by atoms with E-state index in [9.17, 15) is 27.5 Å². The Morgan fingerprint density at radius 2 is 1.55 bits per heavy atom. The molecule has 6 aromatic rings. The first kappa shape index (κ1) is 39.2. The third-order valence-electron chi connectivity index (χ3n) is 8.70. The van der Waals surface area contributed by atoms with Crippen molar-refractivity contribution in [3.05, 3.63) is 126 Å². The number of benzene rings is 3. The van der Waals surface area contributed by atoms with Crippen molar-refractivity contribution in [3.63, 3.8) is 0 Å². The molecule has 0 fully saturated rings. The van der Waals surface area contributed by atoms with Crippen LogP contribution in [0.5, 0.6) is 11.5 Å². The molecule has 1 unspecified atom stereocenters. The maximum absolute atomic E-state index is 15.3. The second-order valence-corrected chi connectivity index (χ2v) is 13.9. The van der Waals surface area contributed by atoms with Crippen LogP contribution in [0.15, 0.2) is 96.3 Å². The number of hydrogen-bond donors (Lipinski definition) is 3. The smallest absolute Gasteiger partial charge is 0.326 e. The molecule has 13 nitrogen and oxygen atoms in total. The van der Waals surface area contributed by atoms with E-state index in [0.717, 1.165) is 5.56 Å². The van der Waals surface area contributed by atoms with Crippen LogP contribution in [-0.2, 0) is 32.6 Å². The van der Waals surface area contributed by atoms with Crippen molar-refractivity contribution in [2.45, 2.75) is 30.9 Å². The summed E-state index contributed by atoms with van der Waals surface area (Å²) in [6.45, 7) is 2.72. The second kappa shape index (κ2) is 16.5. The summed E-state index contributed by atoms with van der Waals surface area (Å²) in [5, 5.41) is 12.2. The van der Waals surface area contributed by atoms with Crippen LogP contribution in [0.4, 0.5) is 18.9 Å². The summed E-state index contributed by atoms with van der Waals surface area (Å²) in [5.41, 5.74) is 2.05. The molecule has 0 saturated heterocycles. The van der Waals surface area contributed by atoms with Crippen molar-refractivity contribution in [2.24, 2.45) is 0 Å². The molecular weight excluding hydrogens is 756 g/mol. The third kappa shape index (κ3) is 8.28. The summed E-state index contributed by atoms with van der Waals surface area (Å²) < 4.78 is 90.8. The number of nitrogens with zero attached hydrogens (tertiary/aromatic N) is 3. The van der Waals surface area contributed by atoms with Gasteiger partial charge in [-0.3, -0.25) is 9.52 Å². The average molecular weight is 790 g/mol. The van der Waals surface area contributed by atoms with Crippen molar-refractivity contribution in [3.8, 4) is 33.8 Å². The molecule has 0 aliphatic carbocycles. The second-order valence-electron chi connectivity index (χ2n) is 12.3. The number of carbonyl (C=O) groups is 2. The normalized spacial score (nSPS) is 12.0. The number of fused-ring (bicyclic) bond motifs is 1. The first-order valence-electron chi connectivity index (χ1n) is 16.9. The van der Waals surface area contributed by atoms with Gasteiger partial charge in [0, 0.05) is 48.9 Å². The van der Waals surface area contributed by atoms with E-state index >= 15 is 8.78 Å². The van der Waals surface area contributed by atoms with E-state index in [-0.39, 0.29) is 11.3 Å². The number of ether oxygens (including phenoxy) is 3. The van der Waals surface area contributed by atoms with Gasteiger partial charge in [0.2, 0.25) is 5.95 Å². The van der Waals surface area contributed by atoms with Crippen LogP contribution >= 0.6 is 0 Å². The highest BCUT2D eigenvalue weighted by Crippen LogP contribution is 2.41. The lowest BCUT2D eigenvalue weighted by Gasteiger charge is -2.19. The van der Waals surface area contributed by atoms with E-state index in [1.807, 2.05) is 19.1 Å². The summed E-state index contributed by atoms with van der Waals surface area (Å²) >= 11 is 0. The Hall–Kier alpha value is -6.46. The first-order chi connectivity index (χ1) is 26.8. The Morgan fingerprint density at radius 1 is 0.875 bits per heavy atom. The van der Waals surface area contributed by atoms with Gasteiger partial charge in [-0.1, -0.05) is 12.1 Å². The zero-order chi connectivity index (χ0) is 40.1. The largest absolute Gasteiger partial charge is 0.496 e. The Kier molecular flexibility index (Phi) is 11.6. The maximum atomic E-state index is 15.3. The van der Waals surface area contributed by atoms with E-state index in [2.05, 4.69) is 20.0 Å². The van der Waals surface area contributed by atoms with Gasteiger partial charge in [0.05, 0.1) is 37.0 Å². The fourth-order valence-electron chi connectivity index (χ4n) is 6.08. The number of sulfonamides is 1. The number of aliphatic carboxylic acids is 1. The molecule has 3 heterocycles.